The van der Waals surface area contributed by atoms with Crippen molar-refractivity contribution in [2.45, 2.75) is 45.9 Å². The number of nitrogens with one attached hydrogen (secondary N) is 1. The van der Waals surface area contributed by atoms with Crippen molar-refractivity contribution in [1.29, 1.82) is 0 Å². The van der Waals surface area contributed by atoms with Gasteiger partial charge in [-0.05, 0) is 33.3 Å². The van der Waals surface area contributed by atoms with Crippen molar-refractivity contribution in [1.82, 2.24) is 20.0 Å². The summed E-state index contributed by atoms with van der Waals surface area (Å²) in [4.78, 5) is 23.1. The van der Waals surface area contributed by atoms with Gasteiger partial charge < -0.3 is 15.0 Å². The van der Waals surface area contributed by atoms with E-state index in [0.717, 1.165) is 23.4 Å². The second kappa shape index (κ2) is 8.10. The average molecular weight is 334 g/mol. The maximum atomic E-state index is 11.0. The van der Waals surface area contributed by atoms with E-state index in [9.17, 15) is 9.59 Å². The number of aromatic nitrogens is 2. The zero-order valence-electron chi connectivity index (χ0n) is 14.6. The highest BCUT2D eigenvalue weighted by atomic mass is 16.5. The molecule has 2 rings (SSSR count). The van der Waals surface area contributed by atoms with Crippen molar-refractivity contribution < 1.29 is 14.3 Å². The number of amides is 2. The fourth-order valence-electron chi connectivity index (χ4n) is 2.45. The van der Waals surface area contributed by atoms with Crippen LogP contribution in [0.3, 0.4) is 0 Å². The summed E-state index contributed by atoms with van der Waals surface area (Å²) >= 11 is 0. The molecule has 0 atom stereocenters. The van der Waals surface area contributed by atoms with Crippen LogP contribution in [0.1, 0.15) is 38.6 Å². The predicted molar refractivity (Wildman–Crippen MR) is 91.1 cm³/mol. The molecule has 1 aromatic rings. The van der Waals surface area contributed by atoms with Crippen LogP contribution < -0.4 is 5.32 Å². The summed E-state index contributed by atoms with van der Waals surface area (Å²) in [5.74, 6) is 0. The van der Waals surface area contributed by atoms with Gasteiger partial charge in [-0.1, -0.05) is 6.08 Å². The lowest BCUT2D eigenvalue weighted by atomic mass is 10.1. The molecule has 0 saturated heterocycles. The number of nitrogens with zero attached hydrogens (tertiary/aromatic N) is 3. The second-order valence-corrected chi connectivity index (χ2v) is 6.81. The van der Waals surface area contributed by atoms with Crippen LogP contribution in [0.15, 0.2) is 12.1 Å². The van der Waals surface area contributed by atoms with E-state index < -0.39 is 0 Å². The van der Waals surface area contributed by atoms with Crippen LogP contribution in [0.2, 0.25) is 0 Å². The Labute approximate surface area is 142 Å². The van der Waals surface area contributed by atoms with E-state index in [1.54, 1.807) is 4.90 Å². The molecule has 0 radical (unpaired) electrons. The Bertz CT molecular complexity index is 601. The predicted octanol–water partition coefficient (Wildman–Crippen LogP) is 1.19. The lowest BCUT2D eigenvalue weighted by molar-refractivity contribution is -0.119. The molecule has 132 valence electrons. The zero-order chi connectivity index (χ0) is 17.6. The first-order valence-electron chi connectivity index (χ1n) is 8.19. The number of hydrogen-bond donors (Lipinski definition) is 1. The molecular weight excluding hydrogens is 308 g/mol. The molecule has 2 amide bonds. The minimum Gasteiger partial charge on any atom is -0.371 e. The average Bonchev–Trinajstić information content (AvgIpc) is 2.95. The van der Waals surface area contributed by atoms with Gasteiger partial charge in [0.2, 0.25) is 12.8 Å². The minimum atomic E-state index is -0.242. The SMILES string of the molecule is CC(C)(C)OC/C(=C\CCNC=O)c1cc2n(n1)CCN(C=O)C2. The zero-order valence-corrected chi connectivity index (χ0v) is 14.6. The molecule has 0 bridgehead atoms. The monoisotopic (exact) mass is 334 g/mol. The molecule has 0 saturated carbocycles. The first-order chi connectivity index (χ1) is 11.4. The van der Waals surface area contributed by atoms with Crippen molar-refractivity contribution in [2.75, 3.05) is 19.7 Å². The maximum absolute atomic E-state index is 11.0. The van der Waals surface area contributed by atoms with Gasteiger partial charge in [0.25, 0.3) is 0 Å². The molecule has 1 N–H and O–H groups in total. The molecule has 1 aliphatic rings. The minimum absolute atomic E-state index is 0.242. The van der Waals surface area contributed by atoms with Gasteiger partial charge in [-0.15, -0.1) is 0 Å². The Morgan fingerprint density at radius 3 is 2.83 bits per heavy atom. The second-order valence-electron chi connectivity index (χ2n) is 6.81. The van der Waals surface area contributed by atoms with Crippen LogP contribution in [-0.4, -0.2) is 52.8 Å². The summed E-state index contributed by atoms with van der Waals surface area (Å²) < 4.78 is 7.85. The number of hydrogen-bond acceptors (Lipinski definition) is 4. The normalized spacial score (nSPS) is 15.1. The molecule has 1 aliphatic heterocycles. The Morgan fingerprint density at radius 2 is 2.17 bits per heavy atom. The molecule has 1 aromatic heterocycles. The van der Waals surface area contributed by atoms with Crippen molar-refractivity contribution >= 4 is 18.4 Å². The van der Waals surface area contributed by atoms with Crippen molar-refractivity contribution in [3.63, 3.8) is 0 Å². The highest BCUT2D eigenvalue weighted by Gasteiger charge is 2.19. The summed E-state index contributed by atoms with van der Waals surface area (Å²) in [6, 6.07) is 2.01. The fourth-order valence-corrected chi connectivity index (χ4v) is 2.45. The Hall–Kier alpha value is -2.15. The topological polar surface area (TPSA) is 76.5 Å². The number of carbonyl (C=O) groups is 2. The van der Waals surface area contributed by atoms with Gasteiger partial charge in [-0.2, -0.15) is 5.10 Å². The summed E-state index contributed by atoms with van der Waals surface area (Å²) in [6.07, 6.45) is 4.33. The van der Waals surface area contributed by atoms with E-state index in [2.05, 4.69) is 10.4 Å². The Morgan fingerprint density at radius 1 is 1.38 bits per heavy atom. The molecule has 0 spiro atoms. The van der Waals surface area contributed by atoms with Crippen molar-refractivity contribution in [3.8, 4) is 0 Å². The van der Waals surface area contributed by atoms with E-state index in [1.807, 2.05) is 37.6 Å². The summed E-state index contributed by atoms with van der Waals surface area (Å²) in [5.41, 5.74) is 2.65. The third kappa shape index (κ3) is 5.19. The van der Waals surface area contributed by atoms with Gasteiger partial charge in [0, 0.05) is 18.7 Å². The molecule has 0 fully saturated rings. The van der Waals surface area contributed by atoms with Gasteiger partial charge in [0.05, 0.1) is 36.7 Å². The molecular formula is C17H26N4O3. The summed E-state index contributed by atoms with van der Waals surface area (Å²) in [6.45, 7) is 9.03. The first-order valence-corrected chi connectivity index (χ1v) is 8.19. The van der Waals surface area contributed by atoms with E-state index in [4.69, 9.17) is 4.74 Å². The molecule has 0 aromatic carbocycles. The van der Waals surface area contributed by atoms with Crippen molar-refractivity contribution in [2.24, 2.45) is 0 Å². The van der Waals surface area contributed by atoms with Crippen LogP contribution in [0.4, 0.5) is 0 Å². The highest BCUT2D eigenvalue weighted by molar-refractivity contribution is 5.64. The van der Waals surface area contributed by atoms with E-state index in [0.29, 0.717) is 45.6 Å². The highest BCUT2D eigenvalue weighted by Crippen LogP contribution is 2.21. The Balaban J connectivity index is 2.15. The van der Waals surface area contributed by atoms with Crippen LogP contribution in [0, 0.1) is 0 Å². The standard InChI is InChI=1S/C17H26N4O3/c1-17(2,3)24-11-14(5-4-6-18-12-22)16-9-15-10-20(13-23)7-8-21(15)19-16/h5,9,12-13H,4,6-8,10-11H2,1-3H3,(H,18,22)/b14-5+. The molecule has 2 heterocycles. The number of carbonyl (C=O) groups excluding carboxylic acids is 2. The van der Waals surface area contributed by atoms with Crippen LogP contribution in [0.5, 0.6) is 0 Å². The number of ether oxygens (including phenoxy) is 1. The van der Waals surface area contributed by atoms with Gasteiger partial charge in [0.15, 0.2) is 0 Å². The quantitative estimate of drug-likeness (QED) is 0.572. The first kappa shape index (κ1) is 18.2. The van der Waals surface area contributed by atoms with Crippen LogP contribution >= 0.6 is 0 Å². The number of rotatable bonds is 8. The maximum Gasteiger partial charge on any atom is 0.210 e. The van der Waals surface area contributed by atoms with E-state index >= 15 is 0 Å². The van der Waals surface area contributed by atoms with Gasteiger partial charge >= 0.3 is 0 Å². The van der Waals surface area contributed by atoms with E-state index in [-0.39, 0.29) is 5.60 Å². The lowest BCUT2D eigenvalue weighted by Crippen LogP contribution is -2.32. The Kier molecular flexibility index (Phi) is 6.14. The fraction of sp³-hybridized carbons (Fsp3) is 0.588. The summed E-state index contributed by atoms with van der Waals surface area (Å²) in [5, 5.41) is 7.31. The van der Waals surface area contributed by atoms with E-state index in [1.165, 1.54) is 0 Å². The van der Waals surface area contributed by atoms with Gasteiger partial charge in [-0.25, -0.2) is 0 Å². The smallest absolute Gasteiger partial charge is 0.210 e. The third-order valence-corrected chi connectivity index (χ3v) is 3.73. The molecule has 0 aliphatic carbocycles. The van der Waals surface area contributed by atoms with Gasteiger partial charge in [-0.3, -0.25) is 14.3 Å². The molecule has 0 unspecified atom stereocenters. The molecule has 24 heavy (non-hydrogen) atoms. The lowest BCUT2D eigenvalue weighted by Gasteiger charge is -2.23. The number of fused-ring (bicyclic) bond motifs is 1. The van der Waals surface area contributed by atoms with Crippen LogP contribution in [-0.2, 0) is 27.4 Å². The molecule has 7 nitrogen and oxygen atoms in total. The molecule has 7 heteroatoms. The van der Waals surface area contributed by atoms with Gasteiger partial charge in [0.1, 0.15) is 0 Å². The van der Waals surface area contributed by atoms with Crippen molar-refractivity contribution in [3.05, 3.63) is 23.5 Å². The largest absolute Gasteiger partial charge is 0.371 e. The summed E-state index contributed by atoms with van der Waals surface area (Å²) in [7, 11) is 0. The van der Waals surface area contributed by atoms with Crippen LogP contribution in [0.25, 0.3) is 5.57 Å². The third-order valence-electron chi connectivity index (χ3n) is 3.73.